The van der Waals surface area contributed by atoms with Crippen LogP contribution in [0.15, 0.2) is 40.9 Å². The van der Waals surface area contributed by atoms with Gasteiger partial charge in [0.2, 0.25) is 0 Å². The molecule has 0 saturated carbocycles. The van der Waals surface area contributed by atoms with Crippen LogP contribution in [-0.2, 0) is 0 Å². The molecule has 0 N–H and O–H groups in total. The Morgan fingerprint density at radius 3 is 2.87 bits per heavy atom. The lowest BCUT2D eigenvalue weighted by Crippen LogP contribution is -2.09. The van der Waals surface area contributed by atoms with Gasteiger partial charge in [-0.05, 0) is 31.1 Å². The van der Waals surface area contributed by atoms with Gasteiger partial charge in [-0.15, -0.1) is 0 Å². The molecule has 0 amide bonds. The molecular weight excluding hydrogens is 182 g/mol. The number of aliphatic imine (C=N–C) groups is 1. The van der Waals surface area contributed by atoms with Crippen LogP contribution in [0.4, 0.5) is 0 Å². The van der Waals surface area contributed by atoms with Gasteiger partial charge in [-0.1, -0.05) is 44.2 Å². The van der Waals surface area contributed by atoms with Gasteiger partial charge in [-0.25, -0.2) is 0 Å². The van der Waals surface area contributed by atoms with Gasteiger partial charge in [0.1, 0.15) is 0 Å². The summed E-state index contributed by atoms with van der Waals surface area (Å²) in [5, 5.41) is 0. The second-order valence-corrected chi connectivity index (χ2v) is 3.97. The fourth-order valence-electron chi connectivity index (χ4n) is 1.75. The van der Waals surface area contributed by atoms with Crippen molar-refractivity contribution in [3.63, 3.8) is 0 Å². The van der Waals surface area contributed by atoms with Crippen molar-refractivity contribution >= 4 is 6.21 Å². The Labute approximate surface area is 93.3 Å². The molecule has 2 atom stereocenters. The molecule has 0 aromatic rings. The second kappa shape index (κ2) is 6.39. The number of rotatable bonds is 4. The summed E-state index contributed by atoms with van der Waals surface area (Å²) in [7, 11) is 0. The minimum Gasteiger partial charge on any atom is -0.293 e. The van der Waals surface area contributed by atoms with Crippen molar-refractivity contribution < 1.29 is 0 Å². The van der Waals surface area contributed by atoms with Crippen LogP contribution in [0.25, 0.3) is 0 Å². The highest BCUT2D eigenvalue weighted by molar-refractivity contribution is 5.53. The van der Waals surface area contributed by atoms with Crippen molar-refractivity contribution in [2.24, 2.45) is 16.8 Å². The van der Waals surface area contributed by atoms with E-state index in [1.807, 2.05) is 13.1 Å². The maximum atomic E-state index is 4.25. The maximum Gasteiger partial charge on any atom is 0.0632 e. The molecule has 15 heavy (non-hydrogen) atoms. The van der Waals surface area contributed by atoms with Gasteiger partial charge in [-0.3, -0.25) is 4.99 Å². The van der Waals surface area contributed by atoms with Crippen LogP contribution in [0, 0.1) is 11.8 Å². The Morgan fingerprint density at radius 2 is 2.27 bits per heavy atom. The Hall–Kier alpha value is -1.11. The zero-order valence-corrected chi connectivity index (χ0v) is 9.98. The van der Waals surface area contributed by atoms with Crippen LogP contribution in [-0.4, -0.2) is 12.8 Å². The van der Waals surface area contributed by atoms with Crippen molar-refractivity contribution in [1.82, 2.24) is 0 Å². The normalized spacial score (nSPS) is 26.5. The number of allylic oxidation sites excluding steroid dienone is 4. The molecule has 1 nitrogen and oxygen atoms in total. The first-order chi connectivity index (χ1) is 7.27. The zero-order valence-electron chi connectivity index (χ0n) is 9.98. The van der Waals surface area contributed by atoms with Crippen molar-refractivity contribution in [1.29, 1.82) is 0 Å². The lowest BCUT2D eigenvalue weighted by molar-refractivity contribution is 0.598. The fraction of sp³-hybridized carbons (Fsp3) is 0.500. The first kappa shape index (κ1) is 12.0. The molecule has 0 aromatic heterocycles. The predicted molar refractivity (Wildman–Crippen MR) is 68.3 cm³/mol. The van der Waals surface area contributed by atoms with Crippen LogP contribution in [0.2, 0.25) is 0 Å². The predicted octanol–water partition coefficient (Wildman–Crippen LogP) is 3.79. The molecule has 0 heterocycles. The van der Waals surface area contributed by atoms with Crippen LogP contribution in [0.1, 0.15) is 27.2 Å². The topological polar surface area (TPSA) is 12.4 Å². The van der Waals surface area contributed by atoms with E-state index >= 15 is 0 Å². The molecule has 1 heteroatoms. The molecule has 0 aliphatic heterocycles. The van der Waals surface area contributed by atoms with Crippen molar-refractivity contribution in [3.05, 3.63) is 36.0 Å². The summed E-state index contributed by atoms with van der Waals surface area (Å²) in [5.41, 5.74) is 1.33. The van der Waals surface area contributed by atoms with Crippen LogP contribution >= 0.6 is 0 Å². The molecule has 1 aliphatic carbocycles. The molecule has 0 saturated heterocycles. The molecular formula is C14H21N. The highest BCUT2D eigenvalue weighted by Crippen LogP contribution is 2.24. The van der Waals surface area contributed by atoms with E-state index in [4.69, 9.17) is 0 Å². The summed E-state index contributed by atoms with van der Waals surface area (Å²) in [5.74, 6) is 1.17. The Balaban J connectivity index is 2.58. The standard InChI is InChI=1S/C14H21N/c1-4-6-7-14-9-8-13(10-12(14)3)11-15-5-2/h5-10,12,14H,4,11H2,1-3H3/b7-6+,15-5?. The monoisotopic (exact) mass is 203 g/mol. The van der Waals surface area contributed by atoms with Crippen LogP contribution in [0.3, 0.4) is 0 Å². The summed E-state index contributed by atoms with van der Waals surface area (Å²) >= 11 is 0. The van der Waals surface area contributed by atoms with Crippen molar-refractivity contribution in [3.8, 4) is 0 Å². The summed E-state index contributed by atoms with van der Waals surface area (Å²) in [6.07, 6.45) is 14.4. The number of nitrogens with zero attached hydrogens (tertiary/aromatic N) is 1. The molecule has 0 bridgehead atoms. The summed E-state index contributed by atoms with van der Waals surface area (Å²) in [4.78, 5) is 4.25. The number of hydrogen-bond acceptors (Lipinski definition) is 1. The Bertz CT molecular complexity index is 294. The summed E-state index contributed by atoms with van der Waals surface area (Å²) < 4.78 is 0. The molecule has 0 radical (unpaired) electrons. The SMILES string of the molecule is CC=NCC1=CC(C)C(/C=C/CC)C=C1. The minimum atomic E-state index is 0.569. The highest BCUT2D eigenvalue weighted by atomic mass is 14.7. The smallest absolute Gasteiger partial charge is 0.0632 e. The molecule has 0 aromatic carbocycles. The van der Waals surface area contributed by atoms with Gasteiger partial charge in [0.05, 0.1) is 6.54 Å². The average Bonchev–Trinajstić information content (AvgIpc) is 2.25. The van der Waals surface area contributed by atoms with Gasteiger partial charge in [0.25, 0.3) is 0 Å². The second-order valence-electron chi connectivity index (χ2n) is 3.97. The quantitative estimate of drug-likeness (QED) is 0.487. The van der Waals surface area contributed by atoms with E-state index in [9.17, 15) is 0 Å². The fourth-order valence-corrected chi connectivity index (χ4v) is 1.75. The van der Waals surface area contributed by atoms with Gasteiger partial charge >= 0.3 is 0 Å². The third-order valence-electron chi connectivity index (χ3n) is 2.67. The highest BCUT2D eigenvalue weighted by Gasteiger charge is 2.13. The van der Waals surface area contributed by atoms with Gasteiger partial charge in [0, 0.05) is 5.92 Å². The van der Waals surface area contributed by atoms with Crippen molar-refractivity contribution in [2.75, 3.05) is 6.54 Å². The Kier molecular flexibility index (Phi) is 5.09. The first-order valence-corrected chi connectivity index (χ1v) is 5.78. The van der Waals surface area contributed by atoms with Gasteiger partial charge in [0.15, 0.2) is 0 Å². The van der Waals surface area contributed by atoms with E-state index in [2.05, 4.69) is 49.2 Å². The third-order valence-corrected chi connectivity index (χ3v) is 2.67. The van der Waals surface area contributed by atoms with E-state index < -0.39 is 0 Å². The van der Waals surface area contributed by atoms with E-state index in [1.54, 1.807) is 0 Å². The maximum absolute atomic E-state index is 4.25. The minimum absolute atomic E-state index is 0.569. The third kappa shape index (κ3) is 3.86. The van der Waals surface area contributed by atoms with Crippen molar-refractivity contribution in [2.45, 2.75) is 27.2 Å². The molecule has 0 spiro atoms. The lowest BCUT2D eigenvalue weighted by atomic mass is 9.87. The molecule has 1 rings (SSSR count). The molecule has 1 aliphatic rings. The molecule has 0 fully saturated rings. The van der Waals surface area contributed by atoms with Gasteiger partial charge < -0.3 is 0 Å². The van der Waals surface area contributed by atoms with Gasteiger partial charge in [-0.2, -0.15) is 0 Å². The van der Waals surface area contributed by atoms with Crippen LogP contribution < -0.4 is 0 Å². The zero-order chi connectivity index (χ0) is 11.1. The van der Waals surface area contributed by atoms with E-state index in [0.717, 1.165) is 13.0 Å². The van der Waals surface area contributed by atoms with E-state index in [-0.39, 0.29) is 0 Å². The van der Waals surface area contributed by atoms with Crippen LogP contribution in [0.5, 0.6) is 0 Å². The largest absolute Gasteiger partial charge is 0.293 e. The summed E-state index contributed by atoms with van der Waals surface area (Å²) in [6, 6.07) is 0. The van der Waals surface area contributed by atoms with E-state index in [1.165, 1.54) is 5.57 Å². The number of hydrogen-bond donors (Lipinski definition) is 0. The molecule has 82 valence electrons. The Morgan fingerprint density at radius 1 is 1.47 bits per heavy atom. The van der Waals surface area contributed by atoms with E-state index in [0.29, 0.717) is 11.8 Å². The first-order valence-electron chi connectivity index (χ1n) is 5.78. The lowest BCUT2D eigenvalue weighted by Gasteiger charge is -2.19. The average molecular weight is 203 g/mol. The molecule has 2 unspecified atom stereocenters. The summed E-state index contributed by atoms with van der Waals surface area (Å²) in [6.45, 7) is 7.22.